The maximum absolute atomic E-state index is 12.3. The highest BCUT2D eigenvalue weighted by Gasteiger charge is 2.35. The summed E-state index contributed by atoms with van der Waals surface area (Å²) < 4.78 is 5.92. The molecule has 2 aromatic carbocycles. The lowest BCUT2D eigenvalue weighted by atomic mass is 10.1. The monoisotopic (exact) mass is 456 g/mol. The van der Waals surface area contributed by atoms with E-state index in [4.69, 9.17) is 4.74 Å². The third-order valence-corrected chi connectivity index (χ3v) is 4.81. The molecule has 0 aromatic heterocycles. The van der Waals surface area contributed by atoms with E-state index in [0.717, 1.165) is 14.9 Å². The Bertz CT molecular complexity index is 1050. The molecule has 3 rings (SSSR count). The van der Waals surface area contributed by atoms with Gasteiger partial charge in [0.05, 0.1) is 16.7 Å². The summed E-state index contributed by atoms with van der Waals surface area (Å²) in [5, 5.41) is 2.67. The van der Waals surface area contributed by atoms with Crippen molar-refractivity contribution in [3.05, 3.63) is 75.8 Å². The minimum atomic E-state index is -0.766. The van der Waals surface area contributed by atoms with Crippen molar-refractivity contribution < 1.29 is 23.9 Å². The van der Waals surface area contributed by atoms with Crippen LogP contribution >= 0.6 is 15.9 Å². The van der Waals surface area contributed by atoms with E-state index >= 15 is 0 Å². The lowest BCUT2D eigenvalue weighted by molar-refractivity contribution is -0.119. The SMILES string of the molecule is C=CCN1C(=O)c2ccc(C(=O)OCC(=O)Nc3ccc(Br)cc3C)cc2C1=O. The molecule has 2 aromatic rings. The molecule has 0 spiro atoms. The van der Waals surface area contributed by atoms with E-state index in [1.54, 1.807) is 12.1 Å². The van der Waals surface area contributed by atoms with Crippen molar-refractivity contribution in [1.82, 2.24) is 4.90 Å². The van der Waals surface area contributed by atoms with Crippen molar-refractivity contribution in [2.75, 3.05) is 18.5 Å². The molecule has 148 valence electrons. The first kappa shape index (κ1) is 20.5. The highest BCUT2D eigenvalue weighted by atomic mass is 79.9. The average molecular weight is 457 g/mol. The van der Waals surface area contributed by atoms with Gasteiger partial charge in [0, 0.05) is 16.7 Å². The van der Waals surface area contributed by atoms with Gasteiger partial charge in [-0.2, -0.15) is 0 Å². The highest BCUT2D eigenvalue weighted by Crippen LogP contribution is 2.24. The van der Waals surface area contributed by atoms with Gasteiger partial charge in [0.2, 0.25) is 0 Å². The van der Waals surface area contributed by atoms with E-state index in [0.29, 0.717) is 5.69 Å². The first-order chi connectivity index (χ1) is 13.8. The number of halogens is 1. The number of ether oxygens (including phenoxy) is 1. The summed E-state index contributed by atoms with van der Waals surface area (Å²) in [5.74, 6) is -2.19. The van der Waals surface area contributed by atoms with E-state index in [2.05, 4.69) is 27.8 Å². The maximum Gasteiger partial charge on any atom is 0.338 e. The molecule has 29 heavy (non-hydrogen) atoms. The third-order valence-electron chi connectivity index (χ3n) is 4.31. The van der Waals surface area contributed by atoms with Gasteiger partial charge in [0.25, 0.3) is 17.7 Å². The maximum atomic E-state index is 12.3. The highest BCUT2D eigenvalue weighted by molar-refractivity contribution is 9.10. The van der Waals surface area contributed by atoms with Crippen LogP contribution in [0.15, 0.2) is 53.5 Å². The fourth-order valence-electron chi connectivity index (χ4n) is 2.88. The fraction of sp³-hybridized carbons (Fsp3) is 0.143. The second kappa shape index (κ2) is 8.40. The molecule has 0 saturated heterocycles. The van der Waals surface area contributed by atoms with Crippen LogP contribution in [0.4, 0.5) is 5.69 Å². The number of nitrogens with one attached hydrogen (secondary N) is 1. The van der Waals surface area contributed by atoms with Gasteiger partial charge in [-0.25, -0.2) is 4.79 Å². The summed E-state index contributed by atoms with van der Waals surface area (Å²) in [6.07, 6.45) is 1.45. The van der Waals surface area contributed by atoms with Crippen LogP contribution < -0.4 is 5.32 Å². The lowest BCUT2D eigenvalue weighted by Gasteiger charge is -2.10. The third kappa shape index (κ3) is 4.27. The minimum absolute atomic E-state index is 0.0815. The zero-order valence-corrected chi connectivity index (χ0v) is 17.1. The van der Waals surface area contributed by atoms with E-state index in [1.807, 2.05) is 13.0 Å². The van der Waals surface area contributed by atoms with Crippen LogP contribution in [0.3, 0.4) is 0 Å². The molecule has 0 atom stereocenters. The number of carbonyl (C=O) groups is 4. The Kier molecular flexibility index (Phi) is 5.93. The number of anilines is 1. The Morgan fingerprint density at radius 3 is 2.55 bits per heavy atom. The number of aryl methyl sites for hydroxylation is 1. The van der Waals surface area contributed by atoms with E-state index < -0.39 is 30.3 Å². The number of rotatable bonds is 6. The predicted molar refractivity (Wildman–Crippen MR) is 110 cm³/mol. The molecule has 0 radical (unpaired) electrons. The summed E-state index contributed by atoms with van der Waals surface area (Å²) >= 11 is 3.34. The number of imide groups is 1. The second-order valence-corrected chi connectivity index (χ2v) is 7.27. The number of hydrogen-bond donors (Lipinski definition) is 1. The molecule has 3 amide bonds. The first-order valence-corrected chi connectivity index (χ1v) is 9.45. The summed E-state index contributed by atoms with van der Waals surface area (Å²) in [7, 11) is 0. The van der Waals surface area contributed by atoms with Crippen molar-refractivity contribution in [2.24, 2.45) is 0 Å². The van der Waals surface area contributed by atoms with Crippen LogP contribution in [-0.2, 0) is 9.53 Å². The number of carbonyl (C=O) groups excluding carboxylic acids is 4. The number of esters is 1. The van der Waals surface area contributed by atoms with Crippen LogP contribution in [0.2, 0.25) is 0 Å². The number of hydrogen-bond acceptors (Lipinski definition) is 5. The topological polar surface area (TPSA) is 92.8 Å². The lowest BCUT2D eigenvalue weighted by Crippen LogP contribution is -2.29. The summed E-state index contributed by atoms with van der Waals surface area (Å²) in [5.41, 5.74) is 1.89. The van der Waals surface area contributed by atoms with E-state index in [1.165, 1.54) is 24.3 Å². The zero-order chi connectivity index (χ0) is 21.1. The predicted octanol–water partition coefficient (Wildman–Crippen LogP) is 3.34. The van der Waals surface area contributed by atoms with Gasteiger partial charge in [-0.1, -0.05) is 22.0 Å². The van der Waals surface area contributed by atoms with Crippen molar-refractivity contribution in [3.8, 4) is 0 Å². The Balaban J connectivity index is 1.65. The molecule has 0 saturated carbocycles. The smallest absolute Gasteiger partial charge is 0.338 e. The normalized spacial score (nSPS) is 12.6. The fourth-order valence-corrected chi connectivity index (χ4v) is 3.36. The van der Waals surface area contributed by atoms with Crippen LogP contribution in [0, 0.1) is 6.92 Å². The van der Waals surface area contributed by atoms with Crippen molar-refractivity contribution in [1.29, 1.82) is 0 Å². The van der Waals surface area contributed by atoms with Crippen LogP contribution in [-0.4, -0.2) is 41.7 Å². The molecule has 1 N–H and O–H groups in total. The van der Waals surface area contributed by atoms with Gasteiger partial charge in [-0.05, 0) is 48.9 Å². The molecule has 8 heteroatoms. The van der Waals surface area contributed by atoms with Gasteiger partial charge in [0.1, 0.15) is 0 Å². The first-order valence-electron chi connectivity index (χ1n) is 8.66. The summed E-state index contributed by atoms with van der Waals surface area (Å²) in [6.45, 7) is 4.96. The van der Waals surface area contributed by atoms with Gasteiger partial charge in [-0.3, -0.25) is 19.3 Å². The Morgan fingerprint density at radius 1 is 1.14 bits per heavy atom. The molecular formula is C21H17BrN2O5. The summed E-state index contributed by atoms with van der Waals surface area (Å²) in [4.78, 5) is 49.9. The van der Waals surface area contributed by atoms with Gasteiger partial charge in [0.15, 0.2) is 6.61 Å². The zero-order valence-electron chi connectivity index (χ0n) is 15.5. The number of nitrogens with zero attached hydrogens (tertiary/aromatic N) is 1. The van der Waals surface area contributed by atoms with Gasteiger partial charge >= 0.3 is 5.97 Å². The Morgan fingerprint density at radius 2 is 1.86 bits per heavy atom. The number of benzene rings is 2. The minimum Gasteiger partial charge on any atom is -0.452 e. The largest absolute Gasteiger partial charge is 0.452 e. The molecule has 1 aliphatic heterocycles. The second-order valence-electron chi connectivity index (χ2n) is 6.35. The van der Waals surface area contributed by atoms with Gasteiger partial charge < -0.3 is 10.1 Å². The molecule has 0 bridgehead atoms. The van der Waals surface area contributed by atoms with Crippen LogP contribution in [0.5, 0.6) is 0 Å². The molecule has 0 unspecified atom stereocenters. The Hall–Kier alpha value is -3.26. The van der Waals surface area contributed by atoms with Crippen LogP contribution in [0.1, 0.15) is 36.6 Å². The number of amides is 3. The number of fused-ring (bicyclic) bond motifs is 1. The van der Waals surface area contributed by atoms with E-state index in [9.17, 15) is 19.2 Å². The molecule has 7 nitrogen and oxygen atoms in total. The molecule has 0 fully saturated rings. The van der Waals surface area contributed by atoms with Crippen molar-refractivity contribution in [3.63, 3.8) is 0 Å². The quantitative estimate of drug-likeness (QED) is 0.408. The molecular weight excluding hydrogens is 440 g/mol. The van der Waals surface area contributed by atoms with E-state index in [-0.39, 0.29) is 23.2 Å². The summed E-state index contributed by atoms with van der Waals surface area (Å²) in [6, 6.07) is 9.46. The average Bonchev–Trinajstić information content (AvgIpc) is 2.93. The standard InChI is InChI=1S/C21H17BrN2O5/c1-3-8-24-19(26)15-6-4-13(10-16(15)20(24)27)21(28)29-11-18(25)23-17-7-5-14(22)9-12(17)2/h3-7,9-10H,1,8,11H2,2H3,(H,23,25). The molecule has 1 aliphatic rings. The van der Waals surface area contributed by atoms with Crippen molar-refractivity contribution in [2.45, 2.75) is 6.92 Å². The van der Waals surface area contributed by atoms with Gasteiger partial charge in [-0.15, -0.1) is 6.58 Å². The van der Waals surface area contributed by atoms with Crippen LogP contribution in [0.25, 0.3) is 0 Å². The molecule has 1 heterocycles. The molecule has 0 aliphatic carbocycles. The van der Waals surface area contributed by atoms with Crippen molar-refractivity contribution >= 4 is 45.3 Å². The Labute approximate surface area is 175 Å².